The molecule has 7 nitrogen and oxygen atoms in total. The Morgan fingerprint density at radius 2 is 1.48 bits per heavy atom. The number of fused-ring (bicyclic) bond motifs is 1. The highest BCUT2D eigenvalue weighted by molar-refractivity contribution is 7.99. The normalized spacial score (nSPS) is 18.2. The van der Waals surface area contributed by atoms with Gasteiger partial charge in [0.15, 0.2) is 13.6 Å². The molecule has 1 aliphatic rings. The molecule has 0 spiro atoms. The molecule has 0 aromatic heterocycles. The molecule has 0 fully saturated rings. The first-order chi connectivity index (χ1) is 22.1. The van der Waals surface area contributed by atoms with Crippen LogP contribution in [0.25, 0.3) is 0 Å². The predicted molar refractivity (Wildman–Crippen MR) is 170 cm³/mol. The van der Waals surface area contributed by atoms with Crippen molar-refractivity contribution in [2.24, 2.45) is 0 Å². The van der Waals surface area contributed by atoms with Crippen molar-refractivity contribution < 1.29 is 55.1 Å². The van der Waals surface area contributed by atoms with Crippen LogP contribution in [-0.4, -0.2) is 90.7 Å². The van der Waals surface area contributed by atoms with Gasteiger partial charge in [-0.3, -0.25) is 0 Å². The van der Waals surface area contributed by atoms with Crippen LogP contribution >= 0.6 is 23.5 Å². The quantitative estimate of drug-likeness (QED) is 0.0694. The van der Waals surface area contributed by atoms with Crippen LogP contribution in [-0.2, 0) is 23.7 Å². The lowest BCUT2D eigenvalue weighted by atomic mass is 9.76. The van der Waals surface area contributed by atoms with Crippen LogP contribution in [0.15, 0.2) is 42.5 Å². The highest BCUT2D eigenvalue weighted by atomic mass is 32.2. The molecule has 3 rings (SSSR count). The van der Waals surface area contributed by atoms with Gasteiger partial charge < -0.3 is 33.2 Å². The van der Waals surface area contributed by atoms with Gasteiger partial charge in [0.2, 0.25) is 0 Å². The Bertz CT molecular complexity index is 1160. The molecule has 0 bridgehead atoms. The van der Waals surface area contributed by atoms with Crippen LogP contribution in [0.5, 0.6) is 17.2 Å². The van der Waals surface area contributed by atoms with Gasteiger partial charge in [0, 0.05) is 45.0 Å². The largest absolute Gasteiger partial charge is 0.491 e. The maximum atomic E-state index is 12.9. The van der Waals surface area contributed by atoms with Crippen molar-refractivity contribution in [3.8, 4) is 17.2 Å². The van der Waals surface area contributed by atoms with Crippen LogP contribution in [0, 0.1) is 0 Å². The zero-order valence-electron chi connectivity index (χ0n) is 26.4. The van der Waals surface area contributed by atoms with E-state index in [-0.39, 0.29) is 36.4 Å². The molecule has 0 N–H and O–H groups in total. The predicted octanol–water partition coefficient (Wildman–Crippen LogP) is 7.91. The molecular weight excluding hydrogens is 655 g/mol. The summed E-state index contributed by atoms with van der Waals surface area (Å²) < 4.78 is 101. The monoisotopic (exact) mass is 698 g/mol. The van der Waals surface area contributed by atoms with Crippen molar-refractivity contribution in [3.05, 3.63) is 53.6 Å². The molecule has 0 amide bonds. The number of hydrogen-bond acceptors (Lipinski definition) is 9. The van der Waals surface area contributed by atoms with E-state index in [4.69, 9.17) is 33.2 Å². The van der Waals surface area contributed by atoms with Gasteiger partial charge in [0.05, 0.1) is 24.6 Å². The molecule has 260 valence electrons. The van der Waals surface area contributed by atoms with Gasteiger partial charge in [0.1, 0.15) is 23.9 Å². The Morgan fingerprint density at radius 1 is 0.826 bits per heavy atom. The molecule has 0 saturated heterocycles. The van der Waals surface area contributed by atoms with Crippen LogP contribution in [0.2, 0.25) is 0 Å². The first kappa shape index (κ1) is 38.5. The molecule has 0 aliphatic carbocycles. The fourth-order valence-electron chi connectivity index (χ4n) is 5.10. The van der Waals surface area contributed by atoms with Gasteiger partial charge in [-0.2, -0.15) is 33.7 Å². The standard InChI is InChI=1S/C32H43F5O7S2/c1-38-22-43-25-9-7-24(8-10-25)30(45-3)21-42-29-20-26(44-23-39-2)11-12-27(29)28(30)6-4-14-40-15-16-41-17-19-46-18-5-13-31(33,34)32(35,36)37/h7-12,20,28H,4-6,13-19,21-23H2,1-3H3. The molecule has 0 radical (unpaired) electrons. The van der Waals surface area contributed by atoms with Crippen molar-refractivity contribution >= 4 is 23.5 Å². The fourth-order valence-corrected chi connectivity index (χ4v) is 6.97. The third-order valence-corrected chi connectivity index (χ3v) is 9.88. The lowest BCUT2D eigenvalue weighted by Crippen LogP contribution is -2.40. The topological polar surface area (TPSA) is 64.6 Å². The van der Waals surface area contributed by atoms with Crippen molar-refractivity contribution in [3.63, 3.8) is 0 Å². The van der Waals surface area contributed by atoms with Crippen LogP contribution in [0.1, 0.15) is 42.7 Å². The van der Waals surface area contributed by atoms with Crippen LogP contribution in [0.3, 0.4) is 0 Å². The van der Waals surface area contributed by atoms with Crippen molar-refractivity contribution in [2.75, 3.05) is 78.6 Å². The van der Waals surface area contributed by atoms with E-state index in [1.54, 1.807) is 26.0 Å². The van der Waals surface area contributed by atoms with Crippen molar-refractivity contribution in [2.45, 2.75) is 48.4 Å². The van der Waals surface area contributed by atoms with Gasteiger partial charge in [-0.15, -0.1) is 11.8 Å². The summed E-state index contributed by atoms with van der Waals surface area (Å²) in [4.78, 5) is 0. The maximum Gasteiger partial charge on any atom is 0.453 e. The minimum Gasteiger partial charge on any atom is -0.491 e. The highest BCUT2D eigenvalue weighted by Crippen LogP contribution is 2.54. The lowest BCUT2D eigenvalue weighted by molar-refractivity contribution is -0.284. The van der Waals surface area contributed by atoms with E-state index in [0.29, 0.717) is 44.5 Å². The average molecular weight is 699 g/mol. The summed E-state index contributed by atoms with van der Waals surface area (Å²) in [5, 5.41) is 0. The Labute approximate surface area is 276 Å². The van der Waals surface area contributed by atoms with E-state index in [1.165, 1.54) is 11.8 Å². The van der Waals surface area contributed by atoms with E-state index in [0.717, 1.165) is 35.5 Å². The lowest BCUT2D eigenvalue weighted by Gasteiger charge is -2.44. The first-order valence-electron chi connectivity index (χ1n) is 14.9. The number of hydrogen-bond donors (Lipinski definition) is 0. The minimum absolute atomic E-state index is 0.112. The molecule has 1 aliphatic heterocycles. The molecule has 46 heavy (non-hydrogen) atoms. The number of halogens is 5. The number of alkyl halides is 5. The van der Waals surface area contributed by atoms with Crippen LogP contribution in [0.4, 0.5) is 22.0 Å². The van der Waals surface area contributed by atoms with Gasteiger partial charge in [0.25, 0.3) is 0 Å². The first-order valence-corrected chi connectivity index (χ1v) is 17.3. The molecule has 0 saturated carbocycles. The summed E-state index contributed by atoms with van der Waals surface area (Å²) >= 11 is 3.04. The summed E-state index contributed by atoms with van der Waals surface area (Å²) in [7, 11) is 3.15. The van der Waals surface area contributed by atoms with Gasteiger partial charge in [-0.25, -0.2) is 0 Å². The van der Waals surface area contributed by atoms with Gasteiger partial charge in [-0.1, -0.05) is 18.2 Å². The summed E-state index contributed by atoms with van der Waals surface area (Å²) in [6, 6.07) is 13.9. The fraction of sp³-hybridized carbons (Fsp3) is 0.625. The number of ether oxygens (including phenoxy) is 7. The highest BCUT2D eigenvalue weighted by Gasteiger charge is 2.56. The molecular formula is C32H43F5O7S2. The van der Waals surface area contributed by atoms with Gasteiger partial charge in [-0.05, 0) is 60.6 Å². The maximum absolute atomic E-state index is 12.9. The SMILES string of the molecule is COCOc1ccc(C2(SC)COc3cc(OCOC)ccc3C2CCCOCCOCCSCCCC(F)(F)C(F)(F)F)cc1. The minimum atomic E-state index is -5.50. The summed E-state index contributed by atoms with van der Waals surface area (Å²) in [5.74, 6) is -1.64. The van der Waals surface area contributed by atoms with E-state index in [2.05, 4.69) is 24.5 Å². The molecule has 2 aromatic carbocycles. The third kappa shape index (κ3) is 11.0. The zero-order chi connectivity index (χ0) is 33.5. The smallest absolute Gasteiger partial charge is 0.453 e. The van der Waals surface area contributed by atoms with E-state index in [1.807, 2.05) is 24.3 Å². The van der Waals surface area contributed by atoms with E-state index >= 15 is 0 Å². The summed E-state index contributed by atoms with van der Waals surface area (Å²) in [6.45, 7) is 2.43. The molecule has 1 heterocycles. The Balaban J connectivity index is 1.49. The number of methoxy groups -OCH3 is 2. The second kappa shape index (κ2) is 19.1. The number of thioether (sulfide) groups is 2. The van der Waals surface area contributed by atoms with Gasteiger partial charge >= 0.3 is 12.1 Å². The van der Waals surface area contributed by atoms with Crippen LogP contribution < -0.4 is 14.2 Å². The Kier molecular flexibility index (Phi) is 16.0. The van der Waals surface area contributed by atoms with Crippen molar-refractivity contribution in [1.82, 2.24) is 0 Å². The number of rotatable bonds is 22. The van der Waals surface area contributed by atoms with E-state index < -0.39 is 18.5 Å². The molecule has 2 aromatic rings. The van der Waals surface area contributed by atoms with Crippen molar-refractivity contribution in [1.29, 1.82) is 0 Å². The molecule has 14 heteroatoms. The average Bonchev–Trinajstić information content (AvgIpc) is 3.04. The summed E-state index contributed by atoms with van der Waals surface area (Å²) in [6.07, 6.45) is -3.19. The Morgan fingerprint density at radius 3 is 2.13 bits per heavy atom. The second-order valence-corrected chi connectivity index (χ2v) is 12.9. The zero-order valence-corrected chi connectivity index (χ0v) is 28.0. The molecule has 2 unspecified atom stereocenters. The summed E-state index contributed by atoms with van der Waals surface area (Å²) in [5.41, 5.74) is 2.22. The second-order valence-electron chi connectivity index (χ2n) is 10.5. The van der Waals surface area contributed by atoms with E-state index in [9.17, 15) is 22.0 Å². The Hall–Kier alpha value is -1.97. The molecule has 2 atom stereocenters. The third-order valence-electron chi connectivity index (χ3n) is 7.48. The number of benzene rings is 2.